The molecule has 0 aliphatic rings. The number of aromatic nitrogens is 2. The Hall–Kier alpha value is -3.07. The SMILES string of the molecule is Cc1ccc(-c2nc3ccc(C)cn3c2Nc2c(C)cccc2C)cc1. The molecule has 0 fully saturated rings. The van der Waals surface area contributed by atoms with E-state index in [2.05, 4.69) is 98.2 Å². The van der Waals surface area contributed by atoms with E-state index in [1.54, 1.807) is 0 Å². The van der Waals surface area contributed by atoms with Crippen LogP contribution in [0.25, 0.3) is 16.9 Å². The van der Waals surface area contributed by atoms with Crippen LogP contribution in [0.3, 0.4) is 0 Å². The van der Waals surface area contributed by atoms with Crippen LogP contribution in [-0.4, -0.2) is 9.38 Å². The Bertz CT molecular complexity index is 1070. The van der Waals surface area contributed by atoms with Crippen molar-refractivity contribution >= 4 is 17.2 Å². The molecule has 1 N–H and O–H groups in total. The highest BCUT2D eigenvalue weighted by Gasteiger charge is 2.16. The second-order valence-electron chi connectivity index (χ2n) is 7.00. The predicted molar refractivity (Wildman–Crippen MR) is 109 cm³/mol. The van der Waals surface area contributed by atoms with Crippen LogP contribution in [0, 0.1) is 27.7 Å². The molecule has 2 aromatic heterocycles. The molecule has 0 saturated carbocycles. The number of rotatable bonds is 3. The average Bonchev–Trinajstić information content (AvgIpc) is 2.96. The van der Waals surface area contributed by atoms with E-state index in [-0.39, 0.29) is 0 Å². The topological polar surface area (TPSA) is 29.3 Å². The minimum absolute atomic E-state index is 0.944. The van der Waals surface area contributed by atoms with Gasteiger partial charge in [0.1, 0.15) is 17.2 Å². The lowest BCUT2D eigenvalue weighted by molar-refractivity contribution is 1.15. The fraction of sp³-hybridized carbons (Fsp3) is 0.174. The molecular weight excluding hydrogens is 318 g/mol. The fourth-order valence-corrected chi connectivity index (χ4v) is 3.31. The first kappa shape index (κ1) is 16.4. The molecule has 0 saturated heterocycles. The molecule has 0 radical (unpaired) electrons. The zero-order valence-electron chi connectivity index (χ0n) is 15.7. The van der Waals surface area contributed by atoms with Crippen molar-refractivity contribution in [3.05, 3.63) is 83.0 Å². The first-order valence-corrected chi connectivity index (χ1v) is 8.92. The van der Waals surface area contributed by atoms with Crippen molar-refractivity contribution in [1.82, 2.24) is 9.38 Å². The van der Waals surface area contributed by atoms with Crippen molar-refractivity contribution in [3.8, 4) is 11.3 Å². The highest BCUT2D eigenvalue weighted by molar-refractivity contribution is 5.81. The third-order valence-electron chi connectivity index (χ3n) is 4.82. The maximum absolute atomic E-state index is 4.91. The minimum Gasteiger partial charge on any atom is -0.339 e. The van der Waals surface area contributed by atoms with E-state index < -0.39 is 0 Å². The lowest BCUT2D eigenvalue weighted by atomic mass is 10.1. The molecule has 2 aromatic carbocycles. The summed E-state index contributed by atoms with van der Waals surface area (Å²) in [4.78, 5) is 4.91. The number of anilines is 2. The maximum atomic E-state index is 4.91. The number of para-hydroxylation sites is 1. The second-order valence-corrected chi connectivity index (χ2v) is 7.00. The molecule has 0 atom stereocenters. The summed E-state index contributed by atoms with van der Waals surface area (Å²) in [6.45, 7) is 8.48. The number of benzene rings is 2. The molecule has 4 aromatic rings. The maximum Gasteiger partial charge on any atom is 0.143 e. The molecule has 0 aliphatic heterocycles. The Labute approximate surface area is 154 Å². The van der Waals surface area contributed by atoms with Gasteiger partial charge in [-0.3, -0.25) is 4.40 Å². The lowest BCUT2D eigenvalue weighted by Crippen LogP contribution is -2.01. The number of nitrogens with zero attached hydrogens (tertiary/aromatic N) is 2. The summed E-state index contributed by atoms with van der Waals surface area (Å²) in [5.41, 5.74) is 9.07. The van der Waals surface area contributed by atoms with Crippen LogP contribution in [0.15, 0.2) is 60.8 Å². The second kappa shape index (κ2) is 6.34. The smallest absolute Gasteiger partial charge is 0.143 e. The van der Waals surface area contributed by atoms with Crippen molar-refractivity contribution < 1.29 is 0 Å². The molecule has 2 heterocycles. The molecule has 3 heteroatoms. The quantitative estimate of drug-likeness (QED) is 0.497. The van der Waals surface area contributed by atoms with E-state index in [4.69, 9.17) is 4.98 Å². The summed E-state index contributed by atoms with van der Waals surface area (Å²) in [7, 11) is 0. The largest absolute Gasteiger partial charge is 0.339 e. The van der Waals surface area contributed by atoms with Crippen molar-refractivity contribution in [3.63, 3.8) is 0 Å². The zero-order chi connectivity index (χ0) is 18.3. The van der Waals surface area contributed by atoms with E-state index in [9.17, 15) is 0 Å². The van der Waals surface area contributed by atoms with Crippen LogP contribution in [0.5, 0.6) is 0 Å². The average molecular weight is 341 g/mol. The Morgan fingerprint density at radius 1 is 0.769 bits per heavy atom. The third kappa shape index (κ3) is 2.86. The monoisotopic (exact) mass is 341 g/mol. The van der Waals surface area contributed by atoms with E-state index in [0.29, 0.717) is 0 Å². The highest BCUT2D eigenvalue weighted by atomic mass is 15.1. The summed E-state index contributed by atoms with van der Waals surface area (Å²) < 4.78 is 2.15. The van der Waals surface area contributed by atoms with Gasteiger partial charge in [-0.25, -0.2) is 4.98 Å². The van der Waals surface area contributed by atoms with Gasteiger partial charge in [0, 0.05) is 17.4 Å². The highest BCUT2D eigenvalue weighted by Crippen LogP contribution is 2.33. The summed E-state index contributed by atoms with van der Waals surface area (Å²) in [5, 5.41) is 3.67. The summed E-state index contributed by atoms with van der Waals surface area (Å²) in [6.07, 6.45) is 2.13. The number of aryl methyl sites for hydroxylation is 4. The van der Waals surface area contributed by atoms with Crippen LogP contribution in [0.4, 0.5) is 11.5 Å². The first-order valence-electron chi connectivity index (χ1n) is 8.92. The van der Waals surface area contributed by atoms with Gasteiger partial charge in [-0.15, -0.1) is 0 Å². The molecule has 0 amide bonds. The standard InChI is InChI=1S/C23H23N3/c1-15-8-11-19(12-9-15)22-23(25-21-17(3)6-5-7-18(21)4)26-14-16(2)10-13-20(26)24-22/h5-14,25H,1-4H3. The summed E-state index contributed by atoms with van der Waals surface area (Å²) in [6, 6.07) is 19.1. The van der Waals surface area contributed by atoms with Crippen molar-refractivity contribution in [2.45, 2.75) is 27.7 Å². The van der Waals surface area contributed by atoms with Gasteiger partial charge in [0.15, 0.2) is 0 Å². The van der Waals surface area contributed by atoms with E-state index >= 15 is 0 Å². The molecule has 0 aliphatic carbocycles. The number of hydrogen-bond donors (Lipinski definition) is 1. The van der Waals surface area contributed by atoms with Crippen LogP contribution in [0.1, 0.15) is 22.3 Å². The molecule has 0 unspecified atom stereocenters. The molecule has 4 rings (SSSR count). The normalized spacial score (nSPS) is 11.1. The Kier molecular flexibility index (Phi) is 4.00. The van der Waals surface area contributed by atoms with Gasteiger partial charge >= 0.3 is 0 Å². The van der Waals surface area contributed by atoms with Crippen molar-refractivity contribution in [1.29, 1.82) is 0 Å². The molecule has 0 bridgehead atoms. The number of imidazole rings is 1. The van der Waals surface area contributed by atoms with Crippen LogP contribution in [0.2, 0.25) is 0 Å². The van der Waals surface area contributed by atoms with Gasteiger partial charge in [0.05, 0.1) is 0 Å². The molecule has 0 spiro atoms. The van der Waals surface area contributed by atoms with E-state index in [1.165, 1.54) is 22.3 Å². The van der Waals surface area contributed by atoms with E-state index in [0.717, 1.165) is 28.4 Å². The van der Waals surface area contributed by atoms with Gasteiger partial charge in [0.25, 0.3) is 0 Å². The van der Waals surface area contributed by atoms with Gasteiger partial charge in [0.2, 0.25) is 0 Å². The predicted octanol–water partition coefficient (Wildman–Crippen LogP) is 5.98. The number of nitrogens with one attached hydrogen (secondary N) is 1. The van der Waals surface area contributed by atoms with E-state index in [1.807, 2.05) is 0 Å². The van der Waals surface area contributed by atoms with Crippen LogP contribution >= 0.6 is 0 Å². The number of pyridine rings is 1. The van der Waals surface area contributed by atoms with Crippen molar-refractivity contribution in [2.75, 3.05) is 5.32 Å². The van der Waals surface area contributed by atoms with Gasteiger partial charge in [-0.1, -0.05) is 54.1 Å². The number of fused-ring (bicyclic) bond motifs is 1. The Morgan fingerprint density at radius 3 is 2.12 bits per heavy atom. The van der Waals surface area contributed by atoms with Gasteiger partial charge < -0.3 is 5.32 Å². The van der Waals surface area contributed by atoms with Gasteiger partial charge in [-0.2, -0.15) is 0 Å². The fourth-order valence-electron chi connectivity index (χ4n) is 3.31. The van der Waals surface area contributed by atoms with Crippen LogP contribution < -0.4 is 5.32 Å². The molecular formula is C23H23N3. The third-order valence-corrected chi connectivity index (χ3v) is 4.82. The summed E-state index contributed by atoms with van der Waals surface area (Å²) >= 11 is 0. The molecule has 26 heavy (non-hydrogen) atoms. The first-order chi connectivity index (χ1) is 12.5. The van der Waals surface area contributed by atoms with Crippen LogP contribution in [-0.2, 0) is 0 Å². The minimum atomic E-state index is 0.944. The molecule has 3 nitrogen and oxygen atoms in total. The van der Waals surface area contributed by atoms with Gasteiger partial charge in [-0.05, 0) is 50.5 Å². The summed E-state index contributed by atoms with van der Waals surface area (Å²) in [5.74, 6) is 1.00. The Balaban J connectivity index is 1.94. The number of hydrogen-bond acceptors (Lipinski definition) is 2. The Morgan fingerprint density at radius 2 is 1.42 bits per heavy atom. The van der Waals surface area contributed by atoms with Crippen molar-refractivity contribution in [2.24, 2.45) is 0 Å². The molecule has 130 valence electrons. The lowest BCUT2D eigenvalue weighted by Gasteiger charge is -2.14. The zero-order valence-corrected chi connectivity index (χ0v) is 15.7.